The molecule has 3 rings (SSSR count). The molecule has 8 nitrogen and oxygen atoms in total. The average Bonchev–Trinajstić information content (AvgIpc) is 3.09. The number of nitrogens with zero attached hydrogens (tertiary/aromatic N) is 3. The van der Waals surface area contributed by atoms with E-state index in [-0.39, 0.29) is 11.4 Å². The molecule has 0 saturated carbocycles. The van der Waals surface area contributed by atoms with E-state index in [2.05, 4.69) is 15.5 Å². The quantitative estimate of drug-likeness (QED) is 0.697. The normalized spacial score (nSPS) is 11.5. The van der Waals surface area contributed by atoms with Gasteiger partial charge < -0.3 is 9.84 Å². The Hall–Kier alpha value is -3.04. The number of likely N-dealkylation sites (N-methyl/N-ethyl adjacent to an activating group) is 1. The van der Waals surface area contributed by atoms with Crippen LogP contribution in [-0.2, 0) is 14.8 Å². The molecule has 2 aromatic carbocycles. The molecule has 27 heavy (non-hydrogen) atoms. The molecule has 0 spiro atoms. The molecule has 0 radical (unpaired) electrons. The van der Waals surface area contributed by atoms with Crippen LogP contribution in [-0.4, -0.2) is 42.4 Å². The van der Waals surface area contributed by atoms with Crippen molar-refractivity contribution >= 4 is 21.6 Å². The number of carbonyl (C=O) groups excluding carboxylic acids is 1. The first-order valence-corrected chi connectivity index (χ1v) is 9.53. The highest BCUT2D eigenvalue weighted by Crippen LogP contribution is 2.25. The van der Waals surface area contributed by atoms with Crippen LogP contribution in [0.5, 0.6) is 0 Å². The number of aryl methyl sites for hydroxylation is 1. The average molecular weight is 386 g/mol. The third kappa shape index (κ3) is 4.21. The zero-order chi connectivity index (χ0) is 19.4. The zero-order valence-corrected chi connectivity index (χ0v) is 15.6. The highest BCUT2D eigenvalue weighted by Gasteiger charge is 2.23. The third-order valence-electron chi connectivity index (χ3n) is 3.79. The van der Waals surface area contributed by atoms with Gasteiger partial charge in [0.05, 0.1) is 17.1 Å². The number of carbonyl (C=O) groups is 1. The van der Waals surface area contributed by atoms with E-state index in [0.29, 0.717) is 23.0 Å². The maximum atomic E-state index is 12.5. The molecule has 0 fully saturated rings. The summed E-state index contributed by atoms with van der Waals surface area (Å²) in [7, 11) is -2.39. The van der Waals surface area contributed by atoms with Crippen LogP contribution in [0.15, 0.2) is 64.0 Å². The first kappa shape index (κ1) is 18.7. The van der Waals surface area contributed by atoms with Crippen LogP contribution < -0.4 is 5.32 Å². The van der Waals surface area contributed by atoms with Crippen molar-refractivity contribution in [3.8, 4) is 11.4 Å². The van der Waals surface area contributed by atoms with E-state index in [1.807, 2.05) is 0 Å². The lowest BCUT2D eigenvalue weighted by atomic mass is 10.1. The minimum atomic E-state index is -3.75. The van der Waals surface area contributed by atoms with Crippen molar-refractivity contribution in [3.63, 3.8) is 0 Å². The van der Waals surface area contributed by atoms with Gasteiger partial charge in [-0.2, -0.15) is 9.29 Å². The monoisotopic (exact) mass is 386 g/mol. The number of hydrogen-bond acceptors (Lipinski definition) is 6. The van der Waals surface area contributed by atoms with Crippen molar-refractivity contribution in [3.05, 3.63) is 60.5 Å². The van der Waals surface area contributed by atoms with Crippen LogP contribution in [0, 0.1) is 6.92 Å². The predicted octanol–water partition coefficient (Wildman–Crippen LogP) is 2.30. The molecule has 0 unspecified atom stereocenters. The summed E-state index contributed by atoms with van der Waals surface area (Å²) in [6.45, 7) is 1.33. The minimum absolute atomic E-state index is 0.128. The summed E-state index contributed by atoms with van der Waals surface area (Å²) in [5.41, 5.74) is 1.05. The molecule has 0 bridgehead atoms. The Balaban J connectivity index is 1.75. The molecule has 1 N–H and O–H groups in total. The van der Waals surface area contributed by atoms with Crippen LogP contribution in [0.25, 0.3) is 11.4 Å². The Labute approximate surface area is 156 Å². The highest BCUT2D eigenvalue weighted by molar-refractivity contribution is 7.89. The summed E-state index contributed by atoms with van der Waals surface area (Å²) in [5, 5.41) is 6.56. The van der Waals surface area contributed by atoms with Crippen LogP contribution in [0.3, 0.4) is 0 Å². The molecule has 1 aromatic heterocycles. The molecular weight excluding hydrogens is 368 g/mol. The van der Waals surface area contributed by atoms with Crippen LogP contribution in [0.2, 0.25) is 0 Å². The summed E-state index contributed by atoms with van der Waals surface area (Å²) < 4.78 is 31.0. The number of hydrogen-bond donors (Lipinski definition) is 1. The molecule has 9 heteroatoms. The Kier molecular flexibility index (Phi) is 5.33. The van der Waals surface area contributed by atoms with Crippen LogP contribution >= 0.6 is 0 Å². The molecule has 0 aliphatic heterocycles. The van der Waals surface area contributed by atoms with Gasteiger partial charge >= 0.3 is 0 Å². The fourth-order valence-corrected chi connectivity index (χ4v) is 3.59. The number of rotatable bonds is 6. The second-order valence-corrected chi connectivity index (χ2v) is 7.85. The molecule has 140 valence electrons. The molecule has 0 saturated heterocycles. The summed E-state index contributed by atoms with van der Waals surface area (Å²) in [6.07, 6.45) is 0. The van der Waals surface area contributed by atoms with Crippen molar-refractivity contribution in [1.82, 2.24) is 14.4 Å². The Morgan fingerprint density at radius 1 is 1.11 bits per heavy atom. The zero-order valence-electron chi connectivity index (χ0n) is 14.8. The summed E-state index contributed by atoms with van der Waals surface area (Å²) in [6, 6.07) is 14.9. The number of nitrogens with one attached hydrogen (secondary N) is 1. The van der Waals surface area contributed by atoms with Crippen molar-refractivity contribution in [2.75, 3.05) is 18.9 Å². The van der Waals surface area contributed by atoms with Gasteiger partial charge in [0.1, 0.15) is 0 Å². The molecule has 0 aliphatic carbocycles. The van der Waals surface area contributed by atoms with Gasteiger partial charge in [-0.15, -0.1) is 0 Å². The topological polar surface area (TPSA) is 105 Å². The molecule has 0 aliphatic rings. The van der Waals surface area contributed by atoms with Crippen LogP contribution in [0.1, 0.15) is 5.89 Å². The van der Waals surface area contributed by atoms with Gasteiger partial charge in [-0.25, -0.2) is 8.42 Å². The fraction of sp³-hybridized carbons (Fsp3) is 0.167. The minimum Gasteiger partial charge on any atom is -0.339 e. The van der Waals surface area contributed by atoms with Gasteiger partial charge in [0.2, 0.25) is 27.6 Å². The lowest BCUT2D eigenvalue weighted by molar-refractivity contribution is -0.116. The lowest BCUT2D eigenvalue weighted by Gasteiger charge is -2.17. The predicted molar refractivity (Wildman–Crippen MR) is 99.4 cm³/mol. The number of para-hydroxylation sites is 1. The van der Waals surface area contributed by atoms with Crippen molar-refractivity contribution in [1.29, 1.82) is 0 Å². The maximum absolute atomic E-state index is 12.5. The number of sulfonamides is 1. The Morgan fingerprint density at radius 3 is 2.44 bits per heavy atom. The van der Waals surface area contributed by atoms with E-state index in [1.165, 1.54) is 19.2 Å². The lowest BCUT2D eigenvalue weighted by Crippen LogP contribution is -2.35. The second kappa shape index (κ2) is 7.68. The maximum Gasteiger partial charge on any atom is 0.243 e. The van der Waals surface area contributed by atoms with Gasteiger partial charge in [0.15, 0.2) is 0 Å². The number of aromatic nitrogens is 2. The van der Waals surface area contributed by atoms with E-state index < -0.39 is 15.9 Å². The molecule has 0 atom stereocenters. The van der Waals surface area contributed by atoms with E-state index in [9.17, 15) is 13.2 Å². The van der Waals surface area contributed by atoms with Crippen molar-refractivity contribution in [2.45, 2.75) is 11.8 Å². The summed E-state index contributed by atoms with van der Waals surface area (Å²) in [4.78, 5) is 16.7. The number of benzene rings is 2. The molecular formula is C18H18N4O4S. The van der Waals surface area contributed by atoms with E-state index in [1.54, 1.807) is 49.4 Å². The summed E-state index contributed by atoms with van der Waals surface area (Å²) >= 11 is 0. The first-order valence-electron chi connectivity index (χ1n) is 8.09. The number of anilines is 1. The smallest absolute Gasteiger partial charge is 0.243 e. The van der Waals surface area contributed by atoms with E-state index in [0.717, 1.165) is 4.31 Å². The number of amides is 1. The molecule has 1 heterocycles. The Morgan fingerprint density at radius 2 is 1.78 bits per heavy atom. The third-order valence-corrected chi connectivity index (χ3v) is 5.60. The van der Waals surface area contributed by atoms with E-state index >= 15 is 0 Å². The molecule has 3 aromatic rings. The highest BCUT2D eigenvalue weighted by atomic mass is 32.2. The van der Waals surface area contributed by atoms with Gasteiger partial charge in [-0.05, 0) is 24.3 Å². The van der Waals surface area contributed by atoms with Gasteiger partial charge in [-0.1, -0.05) is 35.5 Å². The summed E-state index contributed by atoms with van der Waals surface area (Å²) in [5.74, 6) is 0.262. The SMILES string of the molecule is Cc1nc(-c2ccccc2NC(=O)CN(C)S(=O)(=O)c2ccccc2)no1. The van der Waals surface area contributed by atoms with Gasteiger partial charge in [-0.3, -0.25) is 4.79 Å². The second-order valence-electron chi connectivity index (χ2n) is 5.80. The van der Waals surface area contributed by atoms with Crippen molar-refractivity contribution < 1.29 is 17.7 Å². The van der Waals surface area contributed by atoms with Gasteiger partial charge in [0.25, 0.3) is 0 Å². The molecule has 1 amide bonds. The standard InChI is InChI=1S/C18H18N4O4S/c1-13-19-18(21-26-13)15-10-6-7-11-16(15)20-17(23)12-22(2)27(24,25)14-8-4-3-5-9-14/h3-11H,12H2,1-2H3,(H,20,23). The largest absolute Gasteiger partial charge is 0.339 e. The fourth-order valence-electron chi connectivity index (χ4n) is 2.45. The van der Waals surface area contributed by atoms with Crippen LogP contribution in [0.4, 0.5) is 5.69 Å². The Bertz CT molecular complexity index is 1050. The van der Waals surface area contributed by atoms with E-state index in [4.69, 9.17) is 4.52 Å². The van der Waals surface area contributed by atoms with Gasteiger partial charge in [0, 0.05) is 19.5 Å². The van der Waals surface area contributed by atoms with Crippen molar-refractivity contribution in [2.24, 2.45) is 0 Å². The first-order chi connectivity index (χ1) is 12.9.